The van der Waals surface area contributed by atoms with Gasteiger partial charge in [-0.05, 0) is 12.5 Å². The van der Waals surface area contributed by atoms with Crippen LogP contribution in [0.1, 0.15) is 25.0 Å². The molecule has 94 valence electrons. The van der Waals surface area contributed by atoms with Gasteiger partial charge in [0.25, 0.3) is 5.91 Å². The molecule has 0 bridgehead atoms. The van der Waals surface area contributed by atoms with Crippen molar-refractivity contribution in [2.24, 2.45) is 5.73 Å². The molecule has 1 aromatic rings. The fourth-order valence-electron chi connectivity index (χ4n) is 1.52. The molecule has 0 aliphatic carbocycles. The molecule has 17 heavy (non-hydrogen) atoms. The first-order chi connectivity index (χ1) is 8.00. The molecular weight excluding hydrogens is 216 g/mol. The number of aryl methyl sites for hydroxylation is 1. The maximum Gasteiger partial charge on any atom is 0.255 e. The molecule has 4 nitrogen and oxygen atoms in total. The van der Waals surface area contributed by atoms with E-state index >= 15 is 0 Å². The lowest BCUT2D eigenvalue weighted by Crippen LogP contribution is -2.24. The lowest BCUT2D eigenvalue weighted by Gasteiger charge is -2.15. The zero-order valence-corrected chi connectivity index (χ0v) is 10.6. The van der Waals surface area contributed by atoms with Crippen molar-refractivity contribution in [3.63, 3.8) is 0 Å². The Kier molecular flexibility index (Phi) is 4.97. The topological polar surface area (TPSA) is 64.3 Å². The van der Waals surface area contributed by atoms with Gasteiger partial charge in [0.05, 0.1) is 0 Å². The number of amides is 1. The van der Waals surface area contributed by atoms with Crippen LogP contribution in [0.2, 0.25) is 0 Å². The van der Waals surface area contributed by atoms with Gasteiger partial charge in [-0.15, -0.1) is 0 Å². The Hall–Kier alpha value is -1.55. The summed E-state index contributed by atoms with van der Waals surface area (Å²) in [5, 5.41) is 3.32. The SMILES string of the molecule is Cc1cccc(CNC(C)C)c1OCC(N)=O. The van der Waals surface area contributed by atoms with Crippen molar-refractivity contribution in [1.82, 2.24) is 5.32 Å². The third-order valence-electron chi connectivity index (χ3n) is 2.35. The molecule has 0 heterocycles. The van der Waals surface area contributed by atoms with E-state index in [9.17, 15) is 4.79 Å². The van der Waals surface area contributed by atoms with Crippen LogP contribution in [0.5, 0.6) is 5.75 Å². The Bertz CT molecular complexity index is 389. The molecule has 1 amide bonds. The first kappa shape index (κ1) is 13.5. The average Bonchev–Trinajstić information content (AvgIpc) is 2.24. The Morgan fingerprint density at radius 2 is 2.18 bits per heavy atom. The smallest absolute Gasteiger partial charge is 0.255 e. The van der Waals surface area contributed by atoms with E-state index in [2.05, 4.69) is 19.2 Å². The highest BCUT2D eigenvalue weighted by atomic mass is 16.5. The van der Waals surface area contributed by atoms with Crippen molar-refractivity contribution in [2.45, 2.75) is 33.4 Å². The zero-order valence-electron chi connectivity index (χ0n) is 10.6. The van der Waals surface area contributed by atoms with E-state index in [0.717, 1.165) is 16.9 Å². The van der Waals surface area contributed by atoms with Gasteiger partial charge in [0, 0.05) is 18.2 Å². The van der Waals surface area contributed by atoms with E-state index in [1.807, 2.05) is 25.1 Å². The van der Waals surface area contributed by atoms with Crippen molar-refractivity contribution in [2.75, 3.05) is 6.61 Å². The molecule has 1 aromatic carbocycles. The Labute approximate surface area is 102 Å². The summed E-state index contributed by atoms with van der Waals surface area (Å²) in [6.07, 6.45) is 0. The Balaban J connectivity index is 2.80. The molecule has 0 aliphatic heterocycles. The molecule has 3 N–H and O–H groups in total. The summed E-state index contributed by atoms with van der Waals surface area (Å²) < 4.78 is 5.45. The summed E-state index contributed by atoms with van der Waals surface area (Å²) in [6.45, 7) is 6.75. The molecule has 0 aromatic heterocycles. The largest absolute Gasteiger partial charge is 0.483 e. The third-order valence-corrected chi connectivity index (χ3v) is 2.35. The van der Waals surface area contributed by atoms with Gasteiger partial charge < -0.3 is 15.8 Å². The van der Waals surface area contributed by atoms with E-state index in [4.69, 9.17) is 10.5 Å². The molecule has 0 saturated carbocycles. The van der Waals surface area contributed by atoms with E-state index in [1.54, 1.807) is 0 Å². The summed E-state index contributed by atoms with van der Waals surface area (Å²) in [6, 6.07) is 6.32. The van der Waals surface area contributed by atoms with Crippen LogP contribution in [0, 0.1) is 6.92 Å². The number of para-hydroxylation sites is 1. The first-order valence-electron chi connectivity index (χ1n) is 5.73. The minimum absolute atomic E-state index is 0.0838. The second-order valence-electron chi connectivity index (χ2n) is 4.35. The van der Waals surface area contributed by atoms with E-state index < -0.39 is 5.91 Å². The third kappa shape index (κ3) is 4.44. The number of carbonyl (C=O) groups is 1. The van der Waals surface area contributed by atoms with E-state index in [-0.39, 0.29) is 6.61 Å². The molecule has 0 aliphatic rings. The lowest BCUT2D eigenvalue weighted by molar-refractivity contribution is -0.119. The highest BCUT2D eigenvalue weighted by Crippen LogP contribution is 2.23. The predicted molar refractivity (Wildman–Crippen MR) is 67.8 cm³/mol. The van der Waals surface area contributed by atoms with Crippen molar-refractivity contribution in [3.8, 4) is 5.75 Å². The van der Waals surface area contributed by atoms with Gasteiger partial charge in [0.1, 0.15) is 5.75 Å². The second-order valence-corrected chi connectivity index (χ2v) is 4.35. The Morgan fingerprint density at radius 1 is 1.47 bits per heavy atom. The fourth-order valence-corrected chi connectivity index (χ4v) is 1.52. The molecule has 1 rings (SSSR count). The van der Waals surface area contributed by atoms with Crippen molar-refractivity contribution >= 4 is 5.91 Å². The molecular formula is C13H20N2O2. The van der Waals surface area contributed by atoms with Gasteiger partial charge in [-0.2, -0.15) is 0 Å². The standard InChI is InChI=1S/C13H20N2O2/c1-9(2)15-7-11-6-4-5-10(3)13(11)17-8-12(14)16/h4-6,9,15H,7-8H2,1-3H3,(H2,14,16). The number of hydrogen-bond acceptors (Lipinski definition) is 3. The average molecular weight is 236 g/mol. The number of ether oxygens (including phenoxy) is 1. The van der Waals surface area contributed by atoms with Gasteiger partial charge in [-0.3, -0.25) is 4.79 Å². The van der Waals surface area contributed by atoms with Crippen LogP contribution in [-0.2, 0) is 11.3 Å². The van der Waals surface area contributed by atoms with Crippen molar-refractivity contribution in [3.05, 3.63) is 29.3 Å². The number of carbonyl (C=O) groups excluding carboxylic acids is 1. The molecule has 0 atom stereocenters. The molecule has 0 fully saturated rings. The van der Waals surface area contributed by atoms with Crippen molar-refractivity contribution in [1.29, 1.82) is 0 Å². The summed E-state index contributed by atoms with van der Waals surface area (Å²) >= 11 is 0. The first-order valence-corrected chi connectivity index (χ1v) is 5.73. The van der Waals surface area contributed by atoms with Gasteiger partial charge in [0.15, 0.2) is 6.61 Å². The number of primary amides is 1. The van der Waals surface area contributed by atoms with Crippen LogP contribution in [0.4, 0.5) is 0 Å². The van der Waals surface area contributed by atoms with Gasteiger partial charge in [0.2, 0.25) is 0 Å². The quantitative estimate of drug-likeness (QED) is 0.783. The fraction of sp³-hybridized carbons (Fsp3) is 0.462. The number of nitrogens with two attached hydrogens (primary N) is 1. The normalized spacial score (nSPS) is 10.6. The van der Waals surface area contributed by atoms with E-state index in [1.165, 1.54) is 0 Å². The summed E-state index contributed by atoms with van der Waals surface area (Å²) in [4.78, 5) is 10.7. The maximum atomic E-state index is 10.7. The highest BCUT2D eigenvalue weighted by molar-refractivity contribution is 5.75. The number of rotatable bonds is 6. The number of benzene rings is 1. The van der Waals surface area contributed by atoms with Crippen molar-refractivity contribution < 1.29 is 9.53 Å². The molecule has 0 radical (unpaired) electrons. The summed E-state index contributed by atoms with van der Waals surface area (Å²) in [5.41, 5.74) is 7.13. The van der Waals surface area contributed by atoms with Gasteiger partial charge in [-0.25, -0.2) is 0 Å². The molecule has 0 saturated heterocycles. The van der Waals surface area contributed by atoms with Crippen LogP contribution in [-0.4, -0.2) is 18.6 Å². The minimum Gasteiger partial charge on any atom is -0.483 e. The number of hydrogen-bond donors (Lipinski definition) is 2. The van der Waals surface area contributed by atoms with Gasteiger partial charge in [-0.1, -0.05) is 32.0 Å². The van der Waals surface area contributed by atoms with E-state index in [0.29, 0.717) is 12.6 Å². The van der Waals surface area contributed by atoms with Crippen LogP contribution in [0.15, 0.2) is 18.2 Å². The van der Waals surface area contributed by atoms with Crippen LogP contribution >= 0.6 is 0 Å². The number of nitrogens with one attached hydrogen (secondary N) is 1. The zero-order chi connectivity index (χ0) is 12.8. The maximum absolute atomic E-state index is 10.7. The van der Waals surface area contributed by atoms with Crippen LogP contribution in [0.3, 0.4) is 0 Å². The highest BCUT2D eigenvalue weighted by Gasteiger charge is 2.08. The molecule has 4 heteroatoms. The monoisotopic (exact) mass is 236 g/mol. The summed E-state index contributed by atoms with van der Waals surface area (Å²) in [5.74, 6) is 0.287. The second kappa shape index (κ2) is 6.25. The summed E-state index contributed by atoms with van der Waals surface area (Å²) in [7, 11) is 0. The predicted octanol–water partition coefficient (Wildman–Crippen LogP) is 1.36. The minimum atomic E-state index is -0.462. The molecule has 0 unspecified atom stereocenters. The molecule has 0 spiro atoms. The lowest BCUT2D eigenvalue weighted by atomic mass is 10.1. The van der Waals surface area contributed by atoms with Gasteiger partial charge >= 0.3 is 0 Å². The van der Waals surface area contributed by atoms with Crippen LogP contribution in [0.25, 0.3) is 0 Å². The Morgan fingerprint density at radius 3 is 2.76 bits per heavy atom. The van der Waals surface area contributed by atoms with Crippen LogP contribution < -0.4 is 15.8 Å².